The van der Waals surface area contributed by atoms with Crippen molar-refractivity contribution in [3.63, 3.8) is 0 Å². The van der Waals surface area contributed by atoms with E-state index in [9.17, 15) is 34.5 Å². The molecule has 3 N–H and O–H groups in total. The molecule has 0 amide bonds. The van der Waals surface area contributed by atoms with Crippen LogP contribution in [0.5, 0.6) is 0 Å². The fraction of sp³-hybridized carbons (Fsp3) is 0.754. The predicted octanol–water partition coefficient (Wildman–Crippen LogP) is 16.1. The Morgan fingerprint density at radius 3 is 1.29 bits per heavy atom. The largest absolute Gasteiger partial charge is 0.479 e. The third-order valence-electron chi connectivity index (χ3n) is 13.8. The molecule has 12 heteroatoms. The molecule has 1 fully saturated rings. The first-order valence-corrected chi connectivity index (χ1v) is 30.9. The molecule has 6 unspecified atom stereocenters. The van der Waals surface area contributed by atoms with Crippen molar-refractivity contribution in [3.8, 4) is 0 Å². The molecule has 1 rings (SSSR count). The number of esters is 3. The second-order valence-corrected chi connectivity index (χ2v) is 21.0. The van der Waals surface area contributed by atoms with Crippen molar-refractivity contribution >= 4 is 23.9 Å². The minimum Gasteiger partial charge on any atom is -0.479 e. The number of aliphatic hydroxyl groups excluding tert-OH is 2. The van der Waals surface area contributed by atoms with Gasteiger partial charge < -0.3 is 39.0 Å². The third-order valence-corrected chi connectivity index (χ3v) is 13.8. The Morgan fingerprint density at radius 2 is 0.818 bits per heavy atom. The number of carbonyl (C=O) groups excluding carboxylic acids is 3. The Bertz CT molecular complexity index is 1620. The number of hydrogen-bond donors (Lipinski definition) is 3. The monoisotopic (exact) mass is 1080 g/mol. The van der Waals surface area contributed by atoms with Crippen molar-refractivity contribution < 1.29 is 58.2 Å². The lowest BCUT2D eigenvalue weighted by atomic mass is 9.98. The van der Waals surface area contributed by atoms with E-state index in [1.165, 1.54) is 89.9 Å². The summed E-state index contributed by atoms with van der Waals surface area (Å²) in [5, 5.41) is 31.5. The second kappa shape index (κ2) is 52.8. The fourth-order valence-electron chi connectivity index (χ4n) is 9.04. The number of allylic oxidation sites excluding steroid dienone is 12. The van der Waals surface area contributed by atoms with Crippen molar-refractivity contribution in [1.82, 2.24) is 0 Å². The maximum absolute atomic E-state index is 13.1. The van der Waals surface area contributed by atoms with Crippen molar-refractivity contribution in [3.05, 3.63) is 72.9 Å². The molecule has 0 aliphatic carbocycles. The number of aliphatic hydroxyl groups is 2. The highest BCUT2D eigenvalue weighted by molar-refractivity contribution is 5.74. The van der Waals surface area contributed by atoms with Crippen LogP contribution in [0.4, 0.5) is 0 Å². The van der Waals surface area contributed by atoms with Crippen LogP contribution in [-0.4, -0.2) is 89.2 Å². The molecule has 12 nitrogen and oxygen atoms in total. The van der Waals surface area contributed by atoms with Gasteiger partial charge in [-0.05, 0) is 89.9 Å². The van der Waals surface area contributed by atoms with Crippen LogP contribution < -0.4 is 0 Å². The van der Waals surface area contributed by atoms with E-state index < -0.39 is 67.3 Å². The van der Waals surface area contributed by atoms with Crippen LogP contribution in [0.1, 0.15) is 265 Å². The average Bonchev–Trinajstić information content (AvgIpc) is 3.42. The maximum Gasteiger partial charge on any atom is 0.335 e. The molecule has 0 spiro atoms. The summed E-state index contributed by atoms with van der Waals surface area (Å²) in [5.41, 5.74) is 0. The molecule has 1 aliphatic heterocycles. The summed E-state index contributed by atoms with van der Waals surface area (Å²) in [6, 6.07) is 0. The molecular weight excluding hydrogens is 973 g/mol. The van der Waals surface area contributed by atoms with Crippen LogP contribution in [0.2, 0.25) is 0 Å². The van der Waals surface area contributed by atoms with E-state index in [2.05, 4.69) is 93.7 Å². The van der Waals surface area contributed by atoms with Gasteiger partial charge >= 0.3 is 23.9 Å². The molecular formula is C65H110O12. The molecule has 0 aromatic heterocycles. The highest BCUT2D eigenvalue weighted by atomic mass is 16.7. The van der Waals surface area contributed by atoms with Gasteiger partial charge in [-0.25, -0.2) is 4.79 Å². The predicted molar refractivity (Wildman–Crippen MR) is 312 cm³/mol. The quantitative estimate of drug-likeness (QED) is 0.0228. The molecule has 0 aromatic rings. The summed E-state index contributed by atoms with van der Waals surface area (Å²) < 4.78 is 28.4. The lowest BCUT2D eigenvalue weighted by molar-refractivity contribution is -0.301. The lowest BCUT2D eigenvalue weighted by Crippen LogP contribution is -2.61. The Hall–Kier alpha value is -3.84. The highest BCUT2D eigenvalue weighted by Gasteiger charge is 2.50. The number of hydrogen-bond acceptors (Lipinski definition) is 11. The maximum atomic E-state index is 13.1. The molecule has 77 heavy (non-hydrogen) atoms. The van der Waals surface area contributed by atoms with Crippen LogP contribution in [0.25, 0.3) is 0 Å². The van der Waals surface area contributed by atoms with Crippen LogP contribution in [-0.2, 0) is 42.9 Å². The molecule has 1 aliphatic rings. The van der Waals surface area contributed by atoms with E-state index >= 15 is 0 Å². The summed E-state index contributed by atoms with van der Waals surface area (Å²) in [5.74, 6) is -3.16. The Balaban J connectivity index is 2.69. The van der Waals surface area contributed by atoms with Gasteiger partial charge in [-0.15, -0.1) is 0 Å². The summed E-state index contributed by atoms with van der Waals surface area (Å²) in [6.07, 6.45) is 54.4. The molecule has 1 saturated heterocycles. The van der Waals surface area contributed by atoms with Gasteiger partial charge in [-0.2, -0.15) is 0 Å². The SMILES string of the molecule is CC/C=C\C/C=C\C/C=C\C/C=C\C/C=C\CCCCCC(=O)OCC(COC1OC(C(=O)O)C(O)C(O)C1OC(=O)CCCCCCCCCCCCCCCCC)OC(=O)CCCCCCC/C=C\CCCCCC. The smallest absolute Gasteiger partial charge is 0.335 e. The van der Waals surface area contributed by atoms with E-state index in [4.69, 9.17) is 23.7 Å². The molecule has 0 radical (unpaired) electrons. The van der Waals surface area contributed by atoms with Gasteiger partial charge in [-0.3, -0.25) is 14.4 Å². The Kier molecular flexibility index (Phi) is 48.8. The van der Waals surface area contributed by atoms with Crippen LogP contribution >= 0.6 is 0 Å². The van der Waals surface area contributed by atoms with Gasteiger partial charge in [0.15, 0.2) is 24.6 Å². The molecule has 1 heterocycles. The molecule has 442 valence electrons. The Labute approximate surface area is 468 Å². The van der Waals surface area contributed by atoms with E-state index in [0.29, 0.717) is 19.3 Å². The van der Waals surface area contributed by atoms with Gasteiger partial charge in [0.2, 0.25) is 0 Å². The first-order valence-electron chi connectivity index (χ1n) is 30.9. The number of carboxylic acids is 1. The Morgan fingerprint density at radius 1 is 0.442 bits per heavy atom. The summed E-state index contributed by atoms with van der Waals surface area (Å²) in [7, 11) is 0. The first-order chi connectivity index (χ1) is 37.6. The van der Waals surface area contributed by atoms with Crippen molar-refractivity contribution in [2.24, 2.45) is 0 Å². The number of carboxylic acid groups (broad SMARTS) is 1. The zero-order valence-electron chi connectivity index (χ0n) is 48.7. The molecule has 0 saturated carbocycles. The number of aliphatic carboxylic acids is 1. The van der Waals surface area contributed by atoms with Gasteiger partial charge in [0.05, 0.1) is 6.61 Å². The highest BCUT2D eigenvalue weighted by Crippen LogP contribution is 2.26. The standard InChI is InChI=1S/C65H110O12/c1-4-7-10-13-16-19-22-25-27-28-29-30-32-34-36-39-42-45-48-51-57(66)73-54-56(75-58(67)52-49-46-43-40-37-33-24-21-18-15-12-9-6-3)55-74-65-63(61(70)60(69)62(77-65)64(71)72)76-59(68)53-50-47-44-41-38-35-31-26-23-20-17-14-11-8-5-2/h7,10,16,19,21,24-25,27,29-30,34,36,56,60-63,65,69-70H,4-6,8-9,11-15,17-18,20,22-23,26,28,31-33,35,37-55H2,1-3H3,(H,71,72)/b10-7-,19-16-,24-21-,27-25-,30-29-,36-34-. The van der Waals surface area contributed by atoms with E-state index in [-0.39, 0.29) is 25.9 Å². The average molecular weight is 1080 g/mol. The number of carbonyl (C=O) groups is 4. The number of rotatable bonds is 52. The third kappa shape index (κ3) is 42.7. The normalized spacial score (nSPS) is 18.5. The van der Waals surface area contributed by atoms with Gasteiger partial charge in [-0.1, -0.05) is 229 Å². The zero-order valence-corrected chi connectivity index (χ0v) is 48.7. The van der Waals surface area contributed by atoms with Crippen LogP contribution in [0.3, 0.4) is 0 Å². The summed E-state index contributed by atoms with van der Waals surface area (Å²) >= 11 is 0. The minimum atomic E-state index is -1.91. The second-order valence-electron chi connectivity index (χ2n) is 21.0. The van der Waals surface area contributed by atoms with Crippen LogP contribution in [0.15, 0.2) is 72.9 Å². The van der Waals surface area contributed by atoms with Gasteiger partial charge in [0.1, 0.15) is 18.8 Å². The van der Waals surface area contributed by atoms with E-state index in [1.807, 2.05) is 0 Å². The van der Waals surface area contributed by atoms with Crippen molar-refractivity contribution in [1.29, 1.82) is 0 Å². The van der Waals surface area contributed by atoms with Gasteiger partial charge in [0, 0.05) is 19.3 Å². The lowest BCUT2D eigenvalue weighted by Gasteiger charge is -2.40. The first kappa shape index (κ1) is 71.2. The molecule has 6 atom stereocenters. The van der Waals surface area contributed by atoms with E-state index in [0.717, 1.165) is 116 Å². The zero-order chi connectivity index (χ0) is 56.1. The minimum absolute atomic E-state index is 0.0580. The van der Waals surface area contributed by atoms with Crippen molar-refractivity contribution in [2.45, 2.75) is 302 Å². The summed E-state index contributed by atoms with van der Waals surface area (Å²) in [6.45, 7) is 5.84. The number of unbranched alkanes of at least 4 members (excludes halogenated alkanes) is 26. The summed E-state index contributed by atoms with van der Waals surface area (Å²) in [4.78, 5) is 51.2. The fourth-order valence-corrected chi connectivity index (χ4v) is 9.04. The number of ether oxygens (including phenoxy) is 5. The molecule has 0 aromatic carbocycles. The van der Waals surface area contributed by atoms with E-state index in [1.54, 1.807) is 0 Å². The van der Waals surface area contributed by atoms with Crippen LogP contribution in [0, 0.1) is 0 Å². The topological polar surface area (TPSA) is 175 Å². The molecule has 0 bridgehead atoms. The van der Waals surface area contributed by atoms with Crippen molar-refractivity contribution in [2.75, 3.05) is 13.2 Å². The van der Waals surface area contributed by atoms with Gasteiger partial charge in [0.25, 0.3) is 0 Å².